The molecule has 0 unspecified atom stereocenters. The molecule has 1 amide bonds. The van der Waals surface area contributed by atoms with Gasteiger partial charge in [-0.25, -0.2) is 8.42 Å². The lowest BCUT2D eigenvalue weighted by molar-refractivity contribution is -0.145. The summed E-state index contributed by atoms with van der Waals surface area (Å²) < 4.78 is 28.8. The second kappa shape index (κ2) is 6.78. The van der Waals surface area contributed by atoms with Crippen LogP contribution in [0, 0.1) is 5.41 Å². The van der Waals surface area contributed by atoms with E-state index in [2.05, 4.69) is 5.32 Å². The molecule has 0 heterocycles. The summed E-state index contributed by atoms with van der Waals surface area (Å²) in [5, 5.41) is 11.4. The molecule has 8 heteroatoms. The Morgan fingerprint density at radius 2 is 1.77 bits per heavy atom. The molecule has 0 saturated carbocycles. The van der Waals surface area contributed by atoms with E-state index in [1.54, 1.807) is 24.3 Å². The van der Waals surface area contributed by atoms with Gasteiger partial charge in [0.15, 0.2) is 9.84 Å². The van der Waals surface area contributed by atoms with Crippen molar-refractivity contribution in [1.29, 1.82) is 0 Å². The third-order valence-corrected chi connectivity index (χ3v) is 4.75. The zero-order chi connectivity index (χ0) is 17.0. The van der Waals surface area contributed by atoms with E-state index in [-0.39, 0.29) is 0 Å². The first-order chi connectivity index (χ1) is 10.1. The van der Waals surface area contributed by atoms with Crippen molar-refractivity contribution in [2.24, 2.45) is 5.41 Å². The summed E-state index contributed by atoms with van der Waals surface area (Å²) in [6, 6.07) is 6.39. The van der Waals surface area contributed by atoms with Crippen LogP contribution in [0.4, 0.5) is 5.69 Å². The van der Waals surface area contributed by atoms with E-state index in [0.29, 0.717) is 11.4 Å². The molecular formula is C14H19NO6S. The number of carbonyl (C=O) groups is 2. The standard InChI is InChI=1S/C14H19NO6S/c1-14(2,13(17)18)9-22(19,20)8-12(16)15-10-4-6-11(21-3)7-5-10/h4-7H,8-9H2,1-3H3,(H,15,16)(H,17,18). The van der Waals surface area contributed by atoms with Gasteiger partial charge in [0.25, 0.3) is 0 Å². The predicted octanol–water partition coefficient (Wildman–Crippen LogP) is 1.16. The van der Waals surface area contributed by atoms with Crippen molar-refractivity contribution >= 4 is 27.4 Å². The topological polar surface area (TPSA) is 110 Å². The van der Waals surface area contributed by atoms with Crippen LogP contribution in [0.1, 0.15) is 13.8 Å². The van der Waals surface area contributed by atoms with E-state index in [9.17, 15) is 18.0 Å². The summed E-state index contributed by atoms with van der Waals surface area (Å²) in [7, 11) is -2.33. The van der Waals surface area contributed by atoms with Gasteiger partial charge in [-0.1, -0.05) is 0 Å². The van der Waals surface area contributed by atoms with Gasteiger partial charge in [-0.05, 0) is 38.1 Å². The highest BCUT2D eigenvalue weighted by molar-refractivity contribution is 7.92. The SMILES string of the molecule is COc1ccc(NC(=O)CS(=O)(=O)CC(C)(C)C(=O)O)cc1. The number of nitrogens with one attached hydrogen (secondary N) is 1. The molecule has 1 rings (SSSR count). The fourth-order valence-electron chi connectivity index (χ4n) is 1.73. The number of carbonyl (C=O) groups excluding carboxylic acids is 1. The largest absolute Gasteiger partial charge is 0.497 e. The van der Waals surface area contributed by atoms with Crippen molar-refractivity contribution in [2.75, 3.05) is 23.9 Å². The molecule has 0 radical (unpaired) electrons. The Balaban J connectivity index is 2.68. The summed E-state index contributed by atoms with van der Waals surface area (Å²) in [6.45, 7) is 2.60. The Labute approximate surface area is 129 Å². The third-order valence-electron chi connectivity index (χ3n) is 2.88. The number of ether oxygens (including phenoxy) is 1. The molecule has 1 aromatic rings. The van der Waals surface area contributed by atoms with Crippen molar-refractivity contribution in [3.05, 3.63) is 24.3 Å². The molecule has 1 aromatic carbocycles. The van der Waals surface area contributed by atoms with Gasteiger partial charge in [0, 0.05) is 5.69 Å². The van der Waals surface area contributed by atoms with Gasteiger partial charge in [0.05, 0.1) is 18.3 Å². The zero-order valence-corrected chi connectivity index (χ0v) is 13.4. The number of benzene rings is 1. The minimum atomic E-state index is -3.83. The van der Waals surface area contributed by atoms with Crippen LogP contribution in [0.25, 0.3) is 0 Å². The van der Waals surface area contributed by atoms with Crippen molar-refractivity contribution < 1.29 is 27.9 Å². The van der Waals surface area contributed by atoms with E-state index in [1.165, 1.54) is 21.0 Å². The van der Waals surface area contributed by atoms with Gasteiger partial charge in [0.1, 0.15) is 11.5 Å². The van der Waals surface area contributed by atoms with Crippen molar-refractivity contribution in [3.63, 3.8) is 0 Å². The fourth-order valence-corrected chi connectivity index (χ4v) is 3.53. The summed E-state index contributed by atoms with van der Waals surface area (Å²) in [4.78, 5) is 22.7. The van der Waals surface area contributed by atoms with Gasteiger partial charge in [-0.2, -0.15) is 0 Å². The average molecular weight is 329 g/mol. The quantitative estimate of drug-likeness (QED) is 0.777. The molecule has 0 spiro atoms. The average Bonchev–Trinajstić information content (AvgIpc) is 2.37. The molecule has 0 fully saturated rings. The molecule has 0 atom stereocenters. The molecule has 2 N–H and O–H groups in total. The smallest absolute Gasteiger partial charge is 0.310 e. The van der Waals surface area contributed by atoms with Gasteiger partial charge < -0.3 is 15.2 Å². The summed E-state index contributed by atoms with van der Waals surface area (Å²) in [5.41, 5.74) is -1.02. The van der Waals surface area contributed by atoms with E-state index in [0.717, 1.165) is 0 Å². The molecule has 0 aliphatic rings. The van der Waals surface area contributed by atoms with Crippen LogP contribution in [-0.2, 0) is 19.4 Å². The van der Waals surface area contributed by atoms with E-state index < -0.39 is 38.6 Å². The molecule has 7 nitrogen and oxygen atoms in total. The van der Waals surface area contributed by atoms with Gasteiger partial charge in [0.2, 0.25) is 5.91 Å². The second-order valence-electron chi connectivity index (χ2n) is 5.50. The number of aliphatic carboxylic acids is 1. The van der Waals surface area contributed by atoms with Crippen LogP contribution in [0.3, 0.4) is 0 Å². The maximum Gasteiger partial charge on any atom is 0.310 e. The molecule has 0 aliphatic carbocycles. The number of carboxylic acid groups (broad SMARTS) is 1. The van der Waals surface area contributed by atoms with Crippen LogP contribution in [0.5, 0.6) is 5.75 Å². The van der Waals surface area contributed by atoms with E-state index in [4.69, 9.17) is 9.84 Å². The number of hydrogen-bond acceptors (Lipinski definition) is 5. The second-order valence-corrected chi connectivity index (χ2v) is 7.56. The Hall–Kier alpha value is -2.09. The monoisotopic (exact) mass is 329 g/mol. The summed E-state index contributed by atoms with van der Waals surface area (Å²) in [5.74, 6) is -2.71. The first-order valence-corrected chi connectivity index (χ1v) is 8.25. The molecule has 122 valence electrons. The maximum absolute atomic E-state index is 11.9. The molecular weight excluding hydrogens is 310 g/mol. The van der Waals surface area contributed by atoms with Crippen molar-refractivity contribution in [1.82, 2.24) is 0 Å². The van der Waals surface area contributed by atoms with E-state index >= 15 is 0 Å². The Kier molecular flexibility index (Phi) is 5.54. The predicted molar refractivity (Wildman–Crippen MR) is 81.7 cm³/mol. The molecule has 22 heavy (non-hydrogen) atoms. The number of methoxy groups -OCH3 is 1. The van der Waals surface area contributed by atoms with Crippen LogP contribution in [-0.4, -0.2) is 44.0 Å². The lowest BCUT2D eigenvalue weighted by Crippen LogP contribution is -2.35. The Morgan fingerprint density at radius 1 is 1.23 bits per heavy atom. The van der Waals surface area contributed by atoms with Crippen LogP contribution in [0.15, 0.2) is 24.3 Å². The van der Waals surface area contributed by atoms with E-state index in [1.807, 2.05) is 0 Å². The fraction of sp³-hybridized carbons (Fsp3) is 0.429. The van der Waals surface area contributed by atoms with Gasteiger partial charge in [-0.3, -0.25) is 9.59 Å². The first-order valence-electron chi connectivity index (χ1n) is 6.43. The zero-order valence-electron chi connectivity index (χ0n) is 12.6. The number of amides is 1. The van der Waals surface area contributed by atoms with Crippen molar-refractivity contribution in [2.45, 2.75) is 13.8 Å². The number of sulfone groups is 1. The normalized spacial score (nSPS) is 11.8. The first kappa shape index (κ1) is 18.0. The lowest BCUT2D eigenvalue weighted by Gasteiger charge is -2.18. The molecule has 0 aliphatic heterocycles. The number of anilines is 1. The number of carboxylic acids is 1. The minimum absolute atomic E-state index is 0.429. The Morgan fingerprint density at radius 3 is 2.23 bits per heavy atom. The maximum atomic E-state index is 11.9. The highest BCUT2D eigenvalue weighted by Gasteiger charge is 2.34. The van der Waals surface area contributed by atoms with Crippen LogP contribution < -0.4 is 10.1 Å². The highest BCUT2D eigenvalue weighted by Crippen LogP contribution is 2.19. The lowest BCUT2D eigenvalue weighted by atomic mass is 9.97. The molecule has 0 bridgehead atoms. The van der Waals surface area contributed by atoms with Gasteiger partial charge in [-0.15, -0.1) is 0 Å². The van der Waals surface area contributed by atoms with Crippen molar-refractivity contribution in [3.8, 4) is 5.75 Å². The molecule has 0 aromatic heterocycles. The van der Waals surface area contributed by atoms with Crippen LogP contribution in [0.2, 0.25) is 0 Å². The van der Waals surface area contributed by atoms with Gasteiger partial charge >= 0.3 is 5.97 Å². The number of hydrogen-bond donors (Lipinski definition) is 2. The third kappa shape index (κ3) is 5.36. The Bertz CT molecular complexity index is 648. The number of rotatable bonds is 7. The summed E-state index contributed by atoms with van der Waals surface area (Å²) >= 11 is 0. The summed E-state index contributed by atoms with van der Waals surface area (Å²) in [6.07, 6.45) is 0. The minimum Gasteiger partial charge on any atom is -0.497 e. The van der Waals surface area contributed by atoms with Crippen LogP contribution >= 0.6 is 0 Å². The molecule has 0 saturated heterocycles. The highest BCUT2D eigenvalue weighted by atomic mass is 32.2.